The largest absolute Gasteiger partial charge is 0.490 e. The number of aromatic nitrogens is 3. The van der Waals surface area contributed by atoms with Gasteiger partial charge in [0.25, 0.3) is 0 Å². The maximum atomic E-state index is 11.7. The Hall–Kier alpha value is -4.07. The predicted molar refractivity (Wildman–Crippen MR) is 149 cm³/mol. The third kappa shape index (κ3) is 6.69. The molecule has 0 saturated carbocycles. The van der Waals surface area contributed by atoms with Gasteiger partial charge < -0.3 is 9.47 Å². The second-order valence-corrected chi connectivity index (χ2v) is 10.2. The molecule has 1 atom stereocenters. The van der Waals surface area contributed by atoms with Crippen LogP contribution in [0.1, 0.15) is 40.3 Å². The first-order valence-electron chi connectivity index (χ1n) is 12.1. The van der Waals surface area contributed by atoms with E-state index in [0.717, 1.165) is 11.3 Å². The normalized spacial score (nSPS) is 11.6. The Balaban J connectivity index is 1.68. The van der Waals surface area contributed by atoms with E-state index in [4.69, 9.17) is 21.1 Å². The van der Waals surface area contributed by atoms with Crippen LogP contribution in [0.5, 0.6) is 11.5 Å². The first-order chi connectivity index (χ1) is 18.8. The molecular weight excluding hydrogens is 538 g/mol. The summed E-state index contributed by atoms with van der Waals surface area (Å²) >= 11 is 7.89. The number of nitro groups is 1. The van der Waals surface area contributed by atoms with Gasteiger partial charge in [-0.05, 0) is 56.7 Å². The number of aryl methyl sites for hydroxylation is 2. The van der Waals surface area contributed by atoms with Crippen molar-refractivity contribution < 1.29 is 14.4 Å². The highest BCUT2D eigenvalue weighted by Gasteiger charge is 2.26. The Kier molecular flexibility index (Phi) is 9.07. The van der Waals surface area contributed by atoms with E-state index in [0.29, 0.717) is 45.8 Å². The van der Waals surface area contributed by atoms with Gasteiger partial charge in [-0.25, -0.2) is 0 Å². The number of ether oxygens (including phenoxy) is 2. The minimum Gasteiger partial charge on any atom is -0.490 e. The lowest BCUT2D eigenvalue weighted by atomic mass is 10.1. The standard InChI is InChI=1S/C28H26ClN5O4S/c1-4-37-25-14-22(13-24(29)27(25)38-17-21-8-6-5-7-20(21)15-30)26(16-33(35)36)39-28-32-31-19(3)34(28)23-11-9-18(2)10-12-23/h5-14,26H,4,16-17H2,1-3H3/t26-/m1/s1. The van der Waals surface area contributed by atoms with Gasteiger partial charge in [-0.3, -0.25) is 14.7 Å². The number of benzene rings is 3. The fraction of sp³-hybridized carbons (Fsp3) is 0.250. The maximum absolute atomic E-state index is 11.7. The topological polar surface area (TPSA) is 116 Å². The molecule has 1 heterocycles. The molecule has 0 bridgehead atoms. The molecule has 0 fully saturated rings. The van der Waals surface area contributed by atoms with Gasteiger partial charge in [0.2, 0.25) is 6.54 Å². The highest BCUT2D eigenvalue weighted by molar-refractivity contribution is 7.99. The van der Waals surface area contributed by atoms with Gasteiger partial charge in [0.1, 0.15) is 17.7 Å². The minimum absolute atomic E-state index is 0.106. The van der Waals surface area contributed by atoms with Crippen molar-refractivity contribution in [1.29, 1.82) is 5.26 Å². The molecule has 0 saturated heterocycles. The number of thioether (sulfide) groups is 1. The Bertz CT molecular complexity index is 1520. The van der Waals surface area contributed by atoms with Crippen LogP contribution < -0.4 is 9.47 Å². The molecule has 0 amide bonds. The summed E-state index contributed by atoms with van der Waals surface area (Å²) in [5.74, 6) is 1.33. The summed E-state index contributed by atoms with van der Waals surface area (Å²) in [6, 6.07) is 20.5. The lowest BCUT2D eigenvalue weighted by molar-refractivity contribution is -0.479. The summed E-state index contributed by atoms with van der Waals surface area (Å²) in [5, 5.41) is 29.7. The van der Waals surface area contributed by atoms with Crippen LogP contribution in [0.15, 0.2) is 65.8 Å². The second kappa shape index (κ2) is 12.7. The first kappa shape index (κ1) is 28.0. The SMILES string of the molecule is CCOc1cc([C@@H](C[N+](=O)[O-])Sc2nnc(C)n2-c2ccc(C)cc2)cc(Cl)c1OCc1ccccc1C#N. The Morgan fingerprint density at radius 1 is 1.13 bits per heavy atom. The summed E-state index contributed by atoms with van der Waals surface area (Å²) in [6.07, 6.45) is 0. The van der Waals surface area contributed by atoms with Gasteiger partial charge in [0.05, 0.1) is 23.3 Å². The molecule has 0 aliphatic heterocycles. The first-order valence-corrected chi connectivity index (χ1v) is 13.4. The molecule has 0 N–H and O–H groups in total. The zero-order valence-corrected chi connectivity index (χ0v) is 23.2. The summed E-state index contributed by atoms with van der Waals surface area (Å²) in [6.45, 7) is 5.72. The lowest BCUT2D eigenvalue weighted by Gasteiger charge is -2.19. The van der Waals surface area contributed by atoms with Crippen LogP contribution >= 0.6 is 23.4 Å². The Morgan fingerprint density at radius 3 is 2.56 bits per heavy atom. The third-order valence-corrected chi connectivity index (χ3v) is 7.32. The van der Waals surface area contributed by atoms with Gasteiger partial charge in [-0.15, -0.1) is 10.2 Å². The highest BCUT2D eigenvalue weighted by Crippen LogP contribution is 2.43. The molecule has 0 aliphatic rings. The van der Waals surface area contributed by atoms with Gasteiger partial charge >= 0.3 is 0 Å². The quantitative estimate of drug-likeness (QED) is 0.115. The van der Waals surface area contributed by atoms with Crippen molar-refractivity contribution >= 4 is 23.4 Å². The Morgan fingerprint density at radius 2 is 1.87 bits per heavy atom. The van der Waals surface area contributed by atoms with Gasteiger partial charge in [0, 0.05) is 16.2 Å². The van der Waals surface area contributed by atoms with Crippen LogP contribution in [0, 0.1) is 35.3 Å². The number of rotatable bonds is 11. The van der Waals surface area contributed by atoms with E-state index in [9.17, 15) is 15.4 Å². The van der Waals surface area contributed by atoms with E-state index in [-0.39, 0.29) is 23.1 Å². The molecule has 1 aromatic heterocycles. The van der Waals surface area contributed by atoms with Gasteiger partial charge in [-0.2, -0.15) is 5.26 Å². The fourth-order valence-corrected chi connectivity index (χ4v) is 5.39. The van der Waals surface area contributed by atoms with Crippen LogP contribution in [0.4, 0.5) is 0 Å². The second-order valence-electron chi connectivity index (χ2n) is 8.64. The number of nitriles is 1. The number of hydrogen-bond donors (Lipinski definition) is 0. The van der Waals surface area contributed by atoms with Crippen LogP contribution in [0.3, 0.4) is 0 Å². The van der Waals surface area contributed by atoms with Crippen molar-refractivity contribution in [3.8, 4) is 23.3 Å². The van der Waals surface area contributed by atoms with E-state index in [1.807, 2.05) is 55.7 Å². The number of nitrogens with zero attached hydrogens (tertiary/aromatic N) is 5. The van der Waals surface area contributed by atoms with E-state index in [1.165, 1.54) is 11.8 Å². The van der Waals surface area contributed by atoms with Crippen molar-refractivity contribution in [2.24, 2.45) is 0 Å². The van der Waals surface area contributed by atoms with Gasteiger partial charge in [0.15, 0.2) is 16.7 Å². The molecule has 11 heteroatoms. The molecule has 4 aromatic rings. The van der Waals surface area contributed by atoms with Crippen molar-refractivity contribution in [1.82, 2.24) is 14.8 Å². The van der Waals surface area contributed by atoms with E-state index < -0.39 is 5.25 Å². The summed E-state index contributed by atoms with van der Waals surface area (Å²) in [5.41, 5.74) is 3.76. The maximum Gasteiger partial charge on any atom is 0.220 e. The Labute approximate surface area is 235 Å². The molecule has 0 spiro atoms. The van der Waals surface area contributed by atoms with Gasteiger partial charge in [-0.1, -0.05) is 59.3 Å². The van der Waals surface area contributed by atoms with Crippen LogP contribution in [-0.4, -0.2) is 32.8 Å². The molecule has 3 aromatic carbocycles. The summed E-state index contributed by atoms with van der Waals surface area (Å²) in [4.78, 5) is 11.3. The fourth-order valence-electron chi connectivity index (χ4n) is 3.97. The van der Waals surface area contributed by atoms with Crippen molar-refractivity contribution in [2.45, 2.75) is 37.8 Å². The zero-order valence-electron chi connectivity index (χ0n) is 21.6. The van der Waals surface area contributed by atoms with Crippen molar-refractivity contribution in [3.05, 3.63) is 104 Å². The number of halogens is 1. The zero-order chi connectivity index (χ0) is 27.9. The summed E-state index contributed by atoms with van der Waals surface area (Å²) < 4.78 is 13.7. The van der Waals surface area contributed by atoms with Crippen LogP contribution in [-0.2, 0) is 6.61 Å². The molecule has 200 valence electrons. The smallest absolute Gasteiger partial charge is 0.220 e. The van der Waals surface area contributed by atoms with Crippen LogP contribution in [0.25, 0.3) is 5.69 Å². The molecule has 39 heavy (non-hydrogen) atoms. The van der Waals surface area contributed by atoms with Crippen molar-refractivity contribution in [3.63, 3.8) is 0 Å². The monoisotopic (exact) mass is 563 g/mol. The molecule has 0 aliphatic carbocycles. The minimum atomic E-state index is -0.641. The summed E-state index contributed by atoms with van der Waals surface area (Å²) in [7, 11) is 0. The average Bonchev–Trinajstić information content (AvgIpc) is 3.28. The lowest BCUT2D eigenvalue weighted by Crippen LogP contribution is -2.12. The average molecular weight is 564 g/mol. The molecule has 9 nitrogen and oxygen atoms in total. The number of hydrogen-bond acceptors (Lipinski definition) is 8. The molecule has 0 radical (unpaired) electrons. The van der Waals surface area contributed by atoms with Crippen LogP contribution in [0.2, 0.25) is 5.02 Å². The van der Waals surface area contributed by atoms with E-state index >= 15 is 0 Å². The van der Waals surface area contributed by atoms with E-state index in [1.54, 1.807) is 30.3 Å². The highest BCUT2D eigenvalue weighted by atomic mass is 35.5. The van der Waals surface area contributed by atoms with Crippen molar-refractivity contribution in [2.75, 3.05) is 13.2 Å². The molecule has 4 rings (SSSR count). The molecular formula is C28H26ClN5O4S. The predicted octanol–water partition coefficient (Wildman–Crippen LogP) is 6.50. The van der Waals surface area contributed by atoms with E-state index in [2.05, 4.69) is 16.3 Å². The molecule has 0 unspecified atom stereocenters. The third-order valence-electron chi connectivity index (χ3n) is 5.86.